The van der Waals surface area contributed by atoms with Gasteiger partial charge in [0.2, 0.25) is 10.0 Å². The van der Waals surface area contributed by atoms with Crippen LogP contribution in [0.25, 0.3) is 0 Å². The Morgan fingerprint density at radius 3 is 2.74 bits per heavy atom. The van der Waals surface area contributed by atoms with E-state index >= 15 is 0 Å². The van der Waals surface area contributed by atoms with Gasteiger partial charge in [-0.05, 0) is 36.0 Å². The lowest BCUT2D eigenvalue weighted by Crippen LogP contribution is -2.39. The summed E-state index contributed by atoms with van der Waals surface area (Å²) in [4.78, 5) is 4.21. The molecule has 1 unspecified atom stereocenters. The lowest BCUT2D eigenvalue weighted by atomic mass is 9.92. The second-order valence-electron chi connectivity index (χ2n) is 5.69. The van der Waals surface area contributed by atoms with Gasteiger partial charge >= 0.3 is 0 Å². The molecule has 1 saturated heterocycles. The minimum absolute atomic E-state index is 0.186. The van der Waals surface area contributed by atoms with Gasteiger partial charge in [-0.25, -0.2) is 8.42 Å². The molecule has 121 valence electrons. The normalized spacial score (nSPS) is 19.6. The molecule has 3 rings (SSSR count). The fourth-order valence-corrected chi connectivity index (χ4v) is 4.31. The Balaban J connectivity index is 1.85. The molecule has 5 nitrogen and oxygen atoms in total. The number of pyridine rings is 1. The van der Waals surface area contributed by atoms with E-state index in [0.29, 0.717) is 18.7 Å². The highest BCUT2D eigenvalue weighted by molar-refractivity contribution is 7.89. The summed E-state index contributed by atoms with van der Waals surface area (Å²) in [6, 6.07) is 11.6. The molecule has 0 saturated carbocycles. The summed E-state index contributed by atoms with van der Waals surface area (Å²) in [6.45, 7) is 1.18. The molecule has 1 fully saturated rings. The van der Waals surface area contributed by atoms with Crippen LogP contribution in [0, 0.1) is 6.42 Å². The lowest BCUT2D eigenvalue weighted by Gasteiger charge is -2.32. The molecule has 1 aliphatic heterocycles. The zero-order valence-corrected chi connectivity index (χ0v) is 13.6. The molecular formula is C17H20N3O2S. The minimum Gasteiger partial charge on any atom is -0.326 e. The van der Waals surface area contributed by atoms with Crippen molar-refractivity contribution in [3.63, 3.8) is 0 Å². The number of hydrogen-bond acceptors (Lipinski definition) is 4. The Labute approximate surface area is 137 Å². The maximum Gasteiger partial charge on any atom is 0.244 e. The molecule has 1 aliphatic rings. The molecule has 0 aliphatic carbocycles. The first-order chi connectivity index (χ1) is 11.1. The number of sulfonamides is 1. The van der Waals surface area contributed by atoms with Crippen molar-refractivity contribution in [2.45, 2.75) is 23.8 Å². The number of aromatic nitrogens is 1. The molecule has 2 heterocycles. The maximum absolute atomic E-state index is 12.9. The van der Waals surface area contributed by atoms with E-state index in [1.165, 1.54) is 10.5 Å². The molecule has 1 radical (unpaired) electrons. The third kappa shape index (κ3) is 3.44. The summed E-state index contributed by atoms with van der Waals surface area (Å²) >= 11 is 0. The Morgan fingerprint density at radius 1 is 1.22 bits per heavy atom. The summed E-state index contributed by atoms with van der Waals surface area (Å²) in [5, 5.41) is 0. The van der Waals surface area contributed by atoms with E-state index in [4.69, 9.17) is 5.73 Å². The largest absolute Gasteiger partial charge is 0.326 e. The van der Waals surface area contributed by atoms with Crippen LogP contribution in [-0.4, -0.2) is 30.8 Å². The van der Waals surface area contributed by atoms with Gasteiger partial charge in [-0.3, -0.25) is 4.98 Å². The first-order valence-electron chi connectivity index (χ1n) is 7.62. The van der Waals surface area contributed by atoms with Crippen LogP contribution in [0.2, 0.25) is 0 Å². The van der Waals surface area contributed by atoms with Crippen molar-refractivity contribution in [2.75, 3.05) is 13.1 Å². The zero-order chi connectivity index (χ0) is 16.3. The number of nitrogens with zero attached hydrogens (tertiary/aromatic N) is 2. The van der Waals surface area contributed by atoms with Gasteiger partial charge in [0.05, 0.1) is 0 Å². The summed E-state index contributed by atoms with van der Waals surface area (Å²) in [5.74, 6) is 0.186. The Bertz CT molecular complexity index is 762. The highest BCUT2D eigenvalue weighted by atomic mass is 32.2. The molecule has 1 aromatic carbocycles. The van der Waals surface area contributed by atoms with Crippen molar-refractivity contribution < 1.29 is 8.42 Å². The van der Waals surface area contributed by atoms with Crippen molar-refractivity contribution >= 4 is 10.0 Å². The standard InChI is InChI=1S/C17H20N3O2S/c18-10-14-9-17(12-19-11-14)23(21,22)20-8-4-7-16(13-20)15-5-2-1-3-6-15/h1-6,9,11-12,16H,7-8,10,13,18H2. The van der Waals surface area contributed by atoms with Crippen LogP contribution in [0.15, 0.2) is 53.7 Å². The van der Waals surface area contributed by atoms with Crippen molar-refractivity contribution in [2.24, 2.45) is 5.73 Å². The maximum atomic E-state index is 12.9. The van der Waals surface area contributed by atoms with Gasteiger partial charge in [-0.15, -0.1) is 0 Å². The Morgan fingerprint density at radius 2 is 2.00 bits per heavy atom. The second kappa shape index (κ2) is 6.78. The van der Waals surface area contributed by atoms with Crippen molar-refractivity contribution in [3.8, 4) is 0 Å². The highest BCUT2D eigenvalue weighted by Crippen LogP contribution is 2.29. The first kappa shape index (κ1) is 16.1. The van der Waals surface area contributed by atoms with Crippen LogP contribution >= 0.6 is 0 Å². The van der Waals surface area contributed by atoms with Gasteiger partial charge in [-0.1, -0.05) is 30.3 Å². The monoisotopic (exact) mass is 330 g/mol. The van der Waals surface area contributed by atoms with Crippen LogP contribution in [-0.2, 0) is 16.6 Å². The number of rotatable bonds is 4. The van der Waals surface area contributed by atoms with Crippen LogP contribution in [0.3, 0.4) is 0 Å². The van der Waals surface area contributed by atoms with E-state index in [1.54, 1.807) is 12.3 Å². The smallest absolute Gasteiger partial charge is 0.244 e. The third-order valence-corrected chi connectivity index (χ3v) is 5.92. The van der Waals surface area contributed by atoms with Crippen molar-refractivity contribution in [3.05, 3.63) is 66.3 Å². The lowest BCUT2D eigenvalue weighted by molar-refractivity contribution is 0.360. The summed E-state index contributed by atoms with van der Waals surface area (Å²) in [7, 11) is -3.55. The van der Waals surface area contributed by atoms with Gasteiger partial charge in [0, 0.05) is 32.0 Å². The van der Waals surface area contributed by atoms with Crippen molar-refractivity contribution in [1.29, 1.82) is 0 Å². The average molecular weight is 330 g/mol. The summed E-state index contributed by atoms with van der Waals surface area (Å²) in [6.07, 6.45) is 5.89. The number of nitrogens with two attached hydrogens (primary N) is 1. The molecule has 6 heteroatoms. The first-order valence-corrected chi connectivity index (χ1v) is 9.06. The van der Waals surface area contributed by atoms with E-state index in [9.17, 15) is 8.42 Å². The number of piperidine rings is 1. The molecule has 2 N–H and O–H groups in total. The predicted octanol–water partition coefficient (Wildman–Crippen LogP) is 1.92. The predicted molar refractivity (Wildman–Crippen MR) is 89.0 cm³/mol. The third-order valence-electron chi connectivity index (χ3n) is 4.12. The van der Waals surface area contributed by atoms with E-state index in [2.05, 4.69) is 4.98 Å². The zero-order valence-electron chi connectivity index (χ0n) is 12.8. The van der Waals surface area contributed by atoms with Crippen LogP contribution in [0.5, 0.6) is 0 Å². The van der Waals surface area contributed by atoms with Gasteiger partial charge in [0.25, 0.3) is 0 Å². The average Bonchev–Trinajstić information content (AvgIpc) is 2.62. The number of benzene rings is 1. The Hall–Kier alpha value is -1.76. The van der Waals surface area contributed by atoms with E-state index < -0.39 is 10.0 Å². The summed E-state index contributed by atoms with van der Waals surface area (Å²) < 4.78 is 27.2. The minimum atomic E-state index is -3.55. The molecular weight excluding hydrogens is 310 g/mol. The second-order valence-corrected chi connectivity index (χ2v) is 7.62. The molecule has 0 bridgehead atoms. The molecule has 1 aromatic heterocycles. The molecule has 1 atom stereocenters. The number of hydrogen-bond donors (Lipinski definition) is 1. The fourth-order valence-electron chi connectivity index (χ4n) is 2.84. The van der Waals surface area contributed by atoms with Gasteiger partial charge in [0.1, 0.15) is 4.90 Å². The Kier molecular flexibility index (Phi) is 4.75. The summed E-state index contributed by atoms with van der Waals surface area (Å²) in [5.41, 5.74) is 7.46. The molecule has 23 heavy (non-hydrogen) atoms. The SMILES string of the molecule is NCc1cncc(S(=O)(=O)N2C[CH]CC(c3ccccc3)C2)c1. The molecule has 0 amide bonds. The van der Waals surface area contributed by atoms with Crippen LogP contribution < -0.4 is 5.73 Å². The molecule has 0 spiro atoms. The van der Waals surface area contributed by atoms with E-state index in [-0.39, 0.29) is 17.4 Å². The topological polar surface area (TPSA) is 76.3 Å². The van der Waals surface area contributed by atoms with Gasteiger partial charge in [0.15, 0.2) is 0 Å². The van der Waals surface area contributed by atoms with Crippen molar-refractivity contribution in [1.82, 2.24) is 9.29 Å². The highest BCUT2D eigenvalue weighted by Gasteiger charge is 2.31. The molecule has 2 aromatic rings. The fraction of sp³-hybridized carbons (Fsp3) is 0.294. The van der Waals surface area contributed by atoms with Gasteiger partial charge < -0.3 is 5.73 Å². The quantitative estimate of drug-likeness (QED) is 0.929. The van der Waals surface area contributed by atoms with Gasteiger partial charge in [-0.2, -0.15) is 4.31 Å². The van der Waals surface area contributed by atoms with Crippen LogP contribution in [0.1, 0.15) is 23.5 Å². The van der Waals surface area contributed by atoms with Crippen LogP contribution in [0.4, 0.5) is 0 Å². The van der Waals surface area contributed by atoms with E-state index in [0.717, 1.165) is 12.0 Å². The van der Waals surface area contributed by atoms with E-state index in [1.807, 2.05) is 36.8 Å².